The average molecular weight is 290 g/mol. The summed E-state index contributed by atoms with van der Waals surface area (Å²) in [6, 6.07) is 3.22. The Morgan fingerprint density at radius 1 is 1.24 bits per heavy atom. The van der Waals surface area contributed by atoms with E-state index < -0.39 is 0 Å². The summed E-state index contributed by atoms with van der Waals surface area (Å²) in [4.78, 5) is 11.9. The number of hydrogen-bond donors (Lipinski definition) is 1. The molecule has 1 N–H and O–H groups in total. The van der Waals surface area contributed by atoms with Crippen LogP contribution in [0.4, 0.5) is 5.82 Å². The third-order valence-electron chi connectivity index (χ3n) is 4.06. The maximum atomic E-state index is 4.82. The van der Waals surface area contributed by atoms with E-state index in [4.69, 9.17) is 4.98 Å². The molecule has 1 unspecified atom stereocenters. The van der Waals surface area contributed by atoms with E-state index in [0.717, 1.165) is 30.4 Å². The number of hydrogen-bond acceptors (Lipinski definition) is 4. The number of aryl methyl sites for hydroxylation is 1. The maximum absolute atomic E-state index is 4.82. The molecule has 1 fully saturated rings. The monoisotopic (exact) mass is 290 g/mol. The van der Waals surface area contributed by atoms with Gasteiger partial charge in [-0.05, 0) is 26.2 Å². The second-order valence-electron chi connectivity index (χ2n) is 6.79. The summed E-state index contributed by atoms with van der Waals surface area (Å²) in [6.07, 6.45) is 3.83. The third-order valence-corrected chi connectivity index (χ3v) is 4.06. The Hall–Kier alpha value is -1.16. The highest BCUT2D eigenvalue weighted by molar-refractivity contribution is 5.42. The van der Waals surface area contributed by atoms with Crippen LogP contribution in [0.15, 0.2) is 6.07 Å². The summed E-state index contributed by atoms with van der Waals surface area (Å²) in [6.45, 7) is 13.0. The highest BCUT2D eigenvalue weighted by Gasteiger charge is 2.24. The zero-order valence-corrected chi connectivity index (χ0v) is 14.2. The molecule has 2 heterocycles. The molecular weight excluding hydrogens is 260 g/mol. The fraction of sp³-hybridized carbons (Fsp3) is 0.765. The van der Waals surface area contributed by atoms with Crippen LogP contribution in [0.3, 0.4) is 0 Å². The fourth-order valence-corrected chi connectivity index (χ4v) is 2.87. The van der Waals surface area contributed by atoms with Crippen LogP contribution in [-0.2, 0) is 0 Å². The van der Waals surface area contributed by atoms with E-state index in [0.29, 0.717) is 18.0 Å². The van der Waals surface area contributed by atoms with E-state index in [2.05, 4.69) is 55.9 Å². The van der Waals surface area contributed by atoms with Gasteiger partial charge >= 0.3 is 0 Å². The Morgan fingerprint density at radius 3 is 2.67 bits per heavy atom. The molecule has 0 aliphatic carbocycles. The van der Waals surface area contributed by atoms with E-state index >= 15 is 0 Å². The van der Waals surface area contributed by atoms with Crippen LogP contribution in [0.25, 0.3) is 0 Å². The number of piperidine rings is 1. The molecule has 21 heavy (non-hydrogen) atoms. The predicted octanol–water partition coefficient (Wildman–Crippen LogP) is 3.27. The molecule has 1 aromatic rings. The molecule has 0 aromatic carbocycles. The van der Waals surface area contributed by atoms with Crippen molar-refractivity contribution in [2.45, 2.75) is 71.9 Å². The molecule has 1 aromatic heterocycles. The van der Waals surface area contributed by atoms with Crippen LogP contribution in [0, 0.1) is 6.92 Å². The van der Waals surface area contributed by atoms with Gasteiger partial charge in [0.2, 0.25) is 0 Å². The van der Waals surface area contributed by atoms with Gasteiger partial charge in [-0.2, -0.15) is 0 Å². The van der Waals surface area contributed by atoms with Crippen LogP contribution in [0.1, 0.15) is 64.4 Å². The molecule has 1 saturated heterocycles. The van der Waals surface area contributed by atoms with Gasteiger partial charge in [-0.1, -0.05) is 27.7 Å². The molecular formula is C17H30N4. The van der Waals surface area contributed by atoms with E-state index in [1.54, 1.807) is 0 Å². The molecule has 0 amide bonds. The molecule has 1 aliphatic heterocycles. The van der Waals surface area contributed by atoms with Crippen molar-refractivity contribution in [2.75, 3.05) is 18.0 Å². The third kappa shape index (κ3) is 4.40. The van der Waals surface area contributed by atoms with Crippen molar-refractivity contribution in [3.63, 3.8) is 0 Å². The first-order chi connectivity index (χ1) is 9.97. The van der Waals surface area contributed by atoms with Gasteiger partial charge in [0.1, 0.15) is 11.6 Å². The van der Waals surface area contributed by atoms with E-state index in [-0.39, 0.29) is 0 Å². The normalized spacial score (nSPS) is 19.6. The van der Waals surface area contributed by atoms with Gasteiger partial charge < -0.3 is 10.2 Å². The largest absolute Gasteiger partial charge is 0.352 e. The molecule has 1 atom stereocenters. The van der Waals surface area contributed by atoms with Crippen molar-refractivity contribution in [3.8, 4) is 0 Å². The summed E-state index contributed by atoms with van der Waals surface area (Å²) in [7, 11) is 0. The van der Waals surface area contributed by atoms with Crippen molar-refractivity contribution in [3.05, 3.63) is 17.6 Å². The number of rotatable bonds is 5. The molecule has 0 saturated carbocycles. The molecule has 0 bridgehead atoms. The number of aromatic nitrogens is 2. The van der Waals surface area contributed by atoms with Gasteiger partial charge in [-0.25, -0.2) is 9.97 Å². The van der Waals surface area contributed by atoms with Crippen molar-refractivity contribution < 1.29 is 0 Å². The lowest BCUT2D eigenvalue weighted by Crippen LogP contribution is -2.47. The fourth-order valence-electron chi connectivity index (χ4n) is 2.87. The van der Waals surface area contributed by atoms with Crippen molar-refractivity contribution >= 4 is 5.82 Å². The second-order valence-corrected chi connectivity index (χ2v) is 6.79. The molecule has 0 spiro atoms. The summed E-state index contributed by atoms with van der Waals surface area (Å²) >= 11 is 0. The summed E-state index contributed by atoms with van der Waals surface area (Å²) in [5, 5.41) is 3.58. The van der Waals surface area contributed by atoms with Crippen LogP contribution in [0.2, 0.25) is 0 Å². The van der Waals surface area contributed by atoms with Crippen molar-refractivity contribution in [1.82, 2.24) is 15.3 Å². The van der Waals surface area contributed by atoms with Crippen LogP contribution < -0.4 is 10.2 Å². The molecule has 2 rings (SSSR count). The second kappa shape index (κ2) is 7.21. The van der Waals surface area contributed by atoms with E-state index in [1.807, 2.05) is 0 Å². The Kier molecular flexibility index (Phi) is 5.57. The zero-order chi connectivity index (χ0) is 15.4. The summed E-state index contributed by atoms with van der Waals surface area (Å²) in [5.74, 6) is 2.45. The summed E-state index contributed by atoms with van der Waals surface area (Å²) in [5.41, 5.74) is 1.07. The Morgan fingerprint density at radius 2 is 2.00 bits per heavy atom. The zero-order valence-electron chi connectivity index (χ0n) is 14.2. The summed E-state index contributed by atoms with van der Waals surface area (Å²) < 4.78 is 0. The average Bonchev–Trinajstić information content (AvgIpc) is 2.44. The highest BCUT2D eigenvalue weighted by Crippen LogP contribution is 2.25. The Bertz CT molecular complexity index is 456. The van der Waals surface area contributed by atoms with E-state index in [1.165, 1.54) is 19.3 Å². The smallest absolute Gasteiger partial charge is 0.133 e. The quantitative estimate of drug-likeness (QED) is 0.903. The number of anilines is 1. The van der Waals surface area contributed by atoms with Gasteiger partial charge in [0.25, 0.3) is 0 Å². The Labute approximate surface area is 129 Å². The standard InChI is InChI=1S/C17H30N4/c1-12(2)17-19-14(5)10-16(20-17)21-9-7-6-8-15(21)11-18-13(3)4/h10,12-13,15,18H,6-9,11H2,1-5H3. The van der Waals surface area contributed by atoms with Crippen LogP contribution >= 0.6 is 0 Å². The lowest BCUT2D eigenvalue weighted by atomic mass is 10.0. The van der Waals surface area contributed by atoms with Crippen LogP contribution in [-0.4, -0.2) is 35.1 Å². The minimum absolute atomic E-state index is 0.376. The lowest BCUT2D eigenvalue weighted by Gasteiger charge is -2.37. The Balaban J connectivity index is 2.20. The number of nitrogens with zero attached hydrogens (tertiary/aromatic N) is 3. The minimum atomic E-state index is 0.376. The number of nitrogens with one attached hydrogen (secondary N) is 1. The van der Waals surface area contributed by atoms with Crippen molar-refractivity contribution in [1.29, 1.82) is 0 Å². The maximum Gasteiger partial charge on any atom is 0.133 e. The first-order valence-electron chi connectivity index (χ1n) is 8.33. The predicted molar refractivity (Wildman–Crippen MR) is 89.0 cm³/mol. The van der Waals surface area contributed by atoms with Gasteiger partial charge in [-0.3, -0.25) is 0 Å². The lowest BCUT2D eigenvalue weighted by molar-refractivity contribution is 0.418. The molecule has 4 heteroatoms. The van der Waals surface area contributed by atoms with E-state index in [9.17, 15) is 0 Å². The molecule has 0 radical (unpaired) electrons. The minimum Gasteiger partial charge on any atom is -0.352 e. The highest BCUT2D eigenvalue weighted by atomic mass is 15.2. The molecule has 1 aliphatic rings. The first kappa shape index (κ1) is 16.2. The van der Waals surface area contributed by atoms with Crippen molar-refractivity contribution in [2.24, 2.45) is 0 Å². The van der Waals surface area contributed by atoms with Gasteiger partial charge in [0.15, 0.2) is 0 Å². The van der Waals surface area contributed by atoms with Crippen LogP contribution in [0.5, 0.6) is 0 Å². The molecule has 118 valence electrons. The van der Waals surface area contributed by atoms with Gasteiger partial charge in [0, 0.05) is 42.9 Å². The van der Waals surface area contributed by atoms with Gasteiger partial charge in [-0.15, -0.1) is 0 Å². The molecule has 4 nitrogen and oxygen atoms in total. The topological polar surface area (TPSA) is 41.0 Å². The SMILES string of the molecule is Cc1cc(N2CCCCC2CNC(C)C)nc(C(C)C)n1. The van der Waals surface area contributed by atoms with Gasteiger partial charge in [0.05, 0.1) is 0 Å². The first-order valence-corrected chi connectivity index (χ1v) is 8.33.